The molecule has 0 saturated heterocycles. The third-order valence-corrected chi connectivity index (χ3v) is 4.30. The van der Waals surface area contributed by atoms with Crippen molar-refractivity contribution in [1.29, 1.82) is 0 Å². The number of hydrazone groups is 1. The summed E-state index contributed by atoms with van der Waals surface area (Å²) in [6, 6.07) is 8.24. The molecule has 0 fully saturated rings. The maximum absolute atomic E-state index is 12.0. The molecule has 0 atom stereocenters. The fourth-order valence-electron chi connectivity index (χ4n) is 2.40. The van der Waals surface area contributed by atoms with Crippen LogP contribution in [0.2, 0.25) is 0 Å². The number of Topliss-reactive ketones (excluding diaryl/α,β-unsaturated/α-hetero) is 1. The molecule has 0 unspecified atom stereocenters. The van der Waals surface area contributed by atoms with Crippen LogP contribution in [0.4, 0.5) is 0 Å². The first-order chi connectivity index (χ1) is 10.3. The van der Waals surface area contributed by atoms with E-state index in [1.165, 1.54) is 10.1 Å². The summed E-state index contributed by atoms with van der Waals surface area (Å²) in [6.45, 7) is 2.90. The highest BCUT2D eigenvalue weighted by atomic mass is 32.1. The van der Waals surface area contributed by atoms with Crippen molar-refractivity contribution in [2.75, 3.05) is 13.1 Å². The van der Waals surface area contributed by atoms with Gasteiger partial charge in [-0.25, -0.2) is 0 Å². The van der Waals surface area contributed by atoms with Gasteiger partial charge < -0.3 is 0 Å². The van der Waals surface area contributed by atoms with Crippen LogP contribution in [0.25, 0.3) is 10.1 Å². The Bertz CT molecular complexity index is 764. The van der Waals surface area contributed by atoms with Gasteiger partial charge in [0.05, 0.1) is 25.2 Å². The fourth-order valence-corrected chi connectivity index (χ4v) is 3.37. The zero-order valence-electron chi connectivity index (χ0n) is 11.9. The predicted molar refractivity (Wildman–Crippen MR) is 87.6 cm³/mol. The first-order valence-electron chi connectivity index (χ1n) is 7.04. The van der Waals surface area contributed by atoms with Gasteiger partial charge in [-0.05, 0) is 6.07 Å². The molecule has 2 aromatic rings. The van der Waals surface area contributed by atoms with Crippen molar-refractivity contribution >= 4 is 32.9 Å². The van der Waals surface area contributed by atoms with Crippen LogP contribution in [0.1, 0.15) is 25.3 Å². The van der Waals surface area contributed by atoms with E-state index in [-0.39, 0.29) is 5.78 Å². The lowest BCUT2D eigenvalue weighted by atomic mass is 10.0. The van der Waals surface area contributed by atoms with Crippen molar-refractivity contribution in [3.63, 3.8) is 0 Å². The topological polar surface area (TPSA) is 32.7 Å². The largest absolute Gasteiger partial charge is 0.297 e. The molecule has 0 bridgehead atoms. The van der Waals surface area contributed by atoms with E-state index in [4.69, 9.17) is 0 Å². The van der Waals surface area contributed by atoms with Crippen LogP contribution in [-0.2, 0) is 4.79 Å². The number of thiophene rings is 1. The monoisotopic (exact) mass is 296 g/mol. The van der Waals surface area contributed by atoms with E-state index in [9.17, 15) is 4.79 Å². The molecule has 1 aliphatic heterocycles. The van der Waals surface area contributed by atoms with Gasteiger partial charge in [-0.1, -0.05) is 31.0 Å². The van der Waals surface area contributed by atoms with E-state index in [0.29, 0.717) is 19.5 Å². The van der Waals surface area contributed by atoms with E-state index in [1.807, 2.05) is 19.1 Å². The third kappa shape index (κ3) is 2.98. The zero-order chi connectivity index (χ0) is 14.7. The number of benzene rings is 1. The lowest BCUT2D eigenvalue weighted by Crippen LogP contribution is -2.33. The molecule has 1 aromatic carbocycles. The van der Waals surface area contributed by atoms with Crippen LogP contribution in [0.3, 0.4) is 0 Å². The second kappa shape index (κ2) is 6.11. The van der Waals surface area contributed by atoms with E-state index >= 15 is 0 Å². The molecular weight excluding hydrogens is 280 g/mol. The Hall–Kier alpha value is -2.12. The average molecular weight is 296 g/mol. The van der Waals surface area contributed by atoms with Crippen molar-refractivity contribution in [3.8, 4) is 11.8 Å². The third-order valence-electron chi connectivity index (χ3n) is 3.34. The minimum absolute atomic E-state index is 0.202. The van der Waals surface area contributed by atoms with Gasteiger partial charge >= 0.3 is 0 Å². The second-order valence-corrected chi connectivity index (χ2v) is 5.85. The van der Waals surface area contributed by atoms with Gasteiger partial charge in [-0.2, -0.15) is 5.10 Å². The van der Waals surface area contributed by atoms with Crippen molar-refractivity contribution in [3.05, 3.63) is 35.2 Å². The van der Waals surface area contributed by atoms with Crippen molar-refractivity contribution in [2.24, 2.45) is 5.10 Å². The van der Waals surface area contributed by atoms with Crippen LogP contribution in [0, 0.1) is 11.8 Å². The Morgan fingerprint density at radius 1 is 1.33 bits per heavy atom. The average Bonchev–Trinajstić information content (AvgIpc) is 2.91. The number of ketones is 1. The molecule has 1 aromatic heterocycles. The molecular formula is C17H16N2OS. The Kier molecular flexibility index (Phi) is 4.03. The van der Waals surface area contributed by atoms with Crippen LogP contribution in [0.5, 0.6) is 0 Å². The van der Waals surface area contributed by atoms with Gasteiger partial charge in [-0.15, -0.1) is 17.3 Å². The Morgan fingerprint density at radius 3 is 3.05 bits per heavy atom. The van der Waals surface area contributed by atoms with Gasteiger partial charge in [0, 0.05) is 27.5 Å². The summed E-state index contributed by atoms with van der Waals surface area (Å²) >= 11 is 1.69. The SMILES string of the molecule is CCC#CCN1CC(=O)CC(c2csc3ccccc23)=N1. The molecule has 0 radical (unpaired) electrons. The van der Waals surface area contributed by atoms with Gasteiger partial charge in [0.2, 0.25) is 0 Å². The number of fused-ring (bicyclic) bond motifs is 1. The molecule has 0 saturated carbocycles. The van der Waals surface area contributed by atoms with E-state index in [2.05, 4.69) is 34.5 Å². The summed E-state index contributed by atoms with van der Waals surface area (Å²) in [6.07, 6.45) is 1.24. The lowest BCUT2D eigenvalue weighted by Gasteiger charge is -2.22. The van der Waals surface area contributed by atoms with Crippen LogP contribution in [0.15, 0.2) is 34.7 Å². The van der Waals surface area contributed by atoms with E-state index in [1.54, 1.807) is 16.3 Å². The standard InChI is InChI=1S/C17H16N2OS/c1-2-3-6-9-19-11-13(20)10-16(18-19)15-12-21-17-8-5-4-7-14(15)17/h4-5,7-8,12H,2,9-11H2,1H3. The molecule has 3 rings (SSSR count). The van der Waals surface area contributed by atoms with Gasteiger partial charge in [0.25, 0.3) is 0 Å². The Balaban J connectivity index is 1.94. The number of hydrogen-bond donors (Lipinski definition) is 0. The highest BCUT2D eigenvalue weighted by Crippen LogP contribution is 2.28. The number of carbonyl (C=O) groups is 1. The summed E-state index contributed by atoms with van der Waals surface area (Å²) in [5.41, 5.74) is 1.94. The summed E-state index contributed by atoms with van der Waals surface area (Å²) in [5.74, 6) is 6.27. The molecule has 2 heterocycles. The number of rotatable bonds is 2. The van der Waals surface area contributed by atoms with Gasteiger partial charge in [0.1, 0.15) is 0 Å². The molecule has 3 nitrogen and oxygen atoms in total. The molecule has 0 spiro atoms. The molecule has 4 heteroatoms. The highest BCUT2D eigenvalue weighted by molar-refractivity contribution is 7.17. The predicted octanol–water partition coefficient (Wildman–Crippen LogP) is 3.29. The summed E-state index contributed by atoms with van der Waals surface area (Å²) in [7, 11) is 0. The molecule has 0 aliphatic carbocycles. The quantitative estimate of drug-likeness (QED) is 0.797. The highest BCUT2D eigenvalue weighted by Gasteiger charge is 2.21. The van der Waals surface area contributed by atoms with Gasteiger partial charge in [-0.3, -0.25) is 9.80 Å². The molecule has 21 heavy (non-hydrogen) atoms. The van der Waals surface area contributed by atoms with Crippen molar-refractivity contribution < 1.29 is 4.79 Å². The Labute approximate surface area is 128 Å². The molecule has 106 valence electrons. The molecule has 0 N–H and O–H groups in total. The lowest BCUT2D eigenvalue weighted by molar-refractivity contribution is -0.119. The Morgan fingerprint density at radius 2 is 2.19 bits per heavy atom. The van der Waals surface area contributed by atoms with Gasteiger partial charge in [0.15, 0.2) is 5.78 Å². The summed E-state index contributed by atoms with van der Waals surface area (Å²) in [4.78, 5) is 12.0. The maximum Gasteiger partial charge on any atom is 0.159 e. The van der Waals surface area contributed by atoms with Crippen LogP contribution < -0.4 is 0 Å². The van der Waals surface area contributed by atoms with E-state index in [0.717, 1.165) is 17.7 Å². The zero-order valence-corrected chi connectivity index (χ0v) is 12.7. The van der Waals surface area contributed by atoms with Crippen LogP contribution in [-0.4, -0.2) is 29.6 Å². The van der Waals surface area contributed by atoms with Crippen LogP contribution >= 0.6 is 11.3 Å². The minimum Gasteiger partial charge on any atom is -0.297 e. The number of carbonyl (C=O) groups excluding carboxylic acids is 1. The number of nitrogens with zero attached hydrogens (tertiary/aromatic N) is 2. The first-order valence-corrected chi connectivity index (χ1v) is 7.92. The normalized spacial score (nSPS) is 14.8. The van der Waals surface area contributed by atoms with Crippen molar-refractivity contribution in [1.82, 2.24) is 5.01 Å². The second-order valence-electron chi connectivity index (χ2n) is 4.94. The number of hydrogen-bond acceptors (Lipinski definition) is 4. The molecule has 0 amide bonds. The maximum atomic E-state index is 12.0. The summed E-state index contributed by atoms with van der Waals surface area (Å²) in [5, 5.41) is 9.68. The summed E-state index contributed by atoms with van der Waals surface area (Å²) < 4.78 is 1.23. The van der Waals surface area contributed by atoms with E-state index < -0.39 is 0 Å². The minimum atomic E-state index is 0.202. The molecule has 1 aliphatic rings. The smallest absolute Gasteiger partial charge is 0.159 e. The fraction of sp³-hybridized carbons (Fsp3) is 0.294. The first kappa shape index (κ1) is 13.8. The van der Waals surface area contributed by atoms with Crippen molar-refractivity contribution in [2.45, 2.75) is 19.8 Å².